The number of hydrogen-bond donors (Lipinski definition) is 1. The summed E-state index contributed by atoms with van der Waals surface area (Å²) in [5.41, 5.74) is 4.05. The zero-order valence-electron chi connectivity index (χ0n) is 16.1. The van der Waals surface area contributed by atoms with E-state index < -0.39 is 6.09 Å². The molecule has 3 rings (SSSR count). The number of amides is 1. The SMILES string of the molecule is COC(=O)NCc1cc(-n2ncc(-c3ccc(OC)nc3OC)n2)ccc1C. The van der Waals surface area contributed by atoms with Crippen LogP contribution >= 0.6 is 0 Å². The molecule has 2 aromatic heterocycles. The maximum absolute atomic E-state index is 11.3. The second-order valence-electron chi connectivity index (χ2n) is 5.89. The fourth-order valence-electron chi connectivity index (χ4n) is 2.61. The molecule has 28 heavy (non-hydrogen) atoms. The summed E-state index contributed by atoms with van der Waals surface area (Å²) in [5, 5.41) is 11.5. The van der Waals surface area contributed by atoms with Crippen molar-refractivity contribution >= 4 is 6.09 Å². The third-order valence-corrected chi connectivity index (χ3v) is 4.18. The number of rotatable bonds is 6. The number of methoxy groups -OCH3 is 3. The highest BCUT2D eigenvalue weighted by molar-refractivity contribution is 5.67. The first-order valence-electron chi connectivity index (χ1n) is 8.49. The van der Waals surface area contributed by atoms with E-state index in [0.717, 1.165) is 16.8 Å². The molecule has 1 N–H and O–H groups in total. The minimum atomic E-state index is -0.483. The third kappa shape index (κ3) is 4.03. The highest BCUT2D eigenvalue weighted by atomic mass is 16.5. The van der Waals surface area contributed by atoms with Gasteiger partial charge in [0.1, 0.15) is 5.69 Å². The van der Waals surface area contributed by atoms with E-state index in [4.69, 9.17) is 9.47 Å². The summed E-state index contributed by atoms with van der Waals surface area (Å²) in [7, 11) is 4.41. The lowest BCUT2D eigenvalue weighted by Gasteiger charge is -2.09. The molecule has 0 bridgehead atoms. The minimum absolute atomic E-state index is 0.344. The van der Waals surface area contributed by atoms with Crippen LogP contribution in [-0.2, 0) is 11.3 Å². The van der Waals surface area contributed by atoms with E-state index in [1.54, 1.807) is 19.4 Å². The largest absolute Gasteiger partial charge is 0.481 e. The molecule has 0 aliphatic rings. The van der Waals surface area contributed by atoms with Crippen molar-refractivity contribution in [1.29, 1.82) is 0 Å². The van der Waals surface area contributed by atoms with Crippen LogP contribution in [0.4, 0.5) is 4.79 Å². The first-order chi connectivity index (χ1) is 13.5. The highest BCUT2D eigenvalue weighted by Crippen LogP contribution is 2.28. The number of alkyl carbamates (subject to hydrolysis) is 1. The van der Waals surface area contributed by atoms with Gasteiger partial charge < -0.3 is 19.5 Å². The molecule has 3 aromatic rings. The molecule has 0 spiro atoms. The van der Waals surface area contributed by atoms with Crippen LogP contribution in [0.5, 0.6) is 11.8 Å². The van der Waals surface area contributed by atoms with E-state index in [1.165, 1.54) is 19.0 Å². The number of aryl methyl sites for hydroxylation is 1. The Hall–Kier alpha value is -3.62. The van der Waals surface area contributed by atoms with Crippen LogP contribution in [0.1, 0.15) is 11.1 Å². The van der Waals surface area contributed by atoms with Gasteiger partial charge in [-0.3, -0.25) is 0 Å². The van der Waals surface area contributed by atoms with E-state index in [1.807, 2.05) is 31.2 Å². The molecule has 2 heterocycles. The van der Waals surface area contributed by atoms with Gasteiger partial charge in [0.15, 0.2) is 0 Å². The van der Waals surface area contributed by atoms with Crippen LogP contribution in [0, 0.1) is 6.92 Å². The highest BCUT2D eigenvalue weighted by Gasteiger charge is 2.14. The number of aromatic nitrogens is 4. The molecule has 0 atom stereocenters. The van der Waals surface area contributed by atoms with E-state index in [0.29, 0.717) is 29.6 Å². The standard InChI is InChI=1S/C19H21N5O4/c1-12-5-6-14(9-13(12)10-20-19(25)28-4)24-21-11-16(23-24)15-7-8-17(26-2)22-18(15)27-3/h5-9,11H,10H2,1-4H3,(H,20,25). The summed E-state index contributed by atoms with van der Waals surface area (Å²) < 4.78 is 15.1. The number of carbonyl (C=O) groups is 1. The number of nitrogens with one attached hydrogen (secondary N) is 1. The van der Waals surface area contributed by atoms with Crippen molar-refractivity contribution in [3.63, 3.8) is 0 Å². The molecule has 0 unspecified atom stereocenters. The maximum atomic E-state index is 11.3. The van der Waals surface area contributed by atoms with Crippen molar-refractivity contribution in [2.45, 2.75) is 13.5 Å². The summed E-state index contributed by atoms with van der Waals surface area (Å²) >= 11 is 0. The van der Waals surface area contributed by atoms with Gasteiger partial charge in [-0.25, -0.2) is 4.79 Å². The Morgan fingerprint density at radius 3 is 2.68 bits per heavy atom. The molecule has 0 aliphatic heterocycles. The summed E-state index contributed by atoms with van der Waals surface area (Å²) in [6.07, 6.45) is 1.15. The molecule has 146 valence electrons. The van der Waals surface area contributed by atoms with Crippen LogP contribution in [0.15, 0.2) is 36.5 Å². The Morgan fingerprint density at radius 2 is 1.96 bits per heavy atom. The zero-order valence-corrected chi connectivity index (χ0v) is 16.1. The van der Waals surface area contributed by atoms with E-state index >= 15 is 0 Å². The Kier molecular flexibility index (Phi) is 5.73. The Balaban J connectivity index is 1.89. The van der Waals surface area contributed by atoms with Crippen molar-refractivity contribution in [2.24, 2.45) is 0 Å². The van der Waals surface area contributed by atoms with Crippen LogP contribution in [0.3, 0.4) is 0 Å². The van der Waals surface area contributed by atoms with Crippen LogP contribution in [0.2, 0.25) is 0 Å². The third-order valence-electron chi connectivity index (χ3n) is 4.18. The van der Waals surface area contributed by atoms with Crippen molar-refractivity contribution in [3.05, 3.63) is 47.7 Å². The van der Waals surface area contributed by atoms with Crippen LogP contribution in [0.25, 0.3) is 16.9 Å². The van der Waals surface area contributed by atoms with Crippen molar-refractivity contribution in [3.8, 4) is 28.7 Å². The monoisotopic (exact) mass is 383 g/mol. The van der Waals surface area contributed by atoms with Gasteiger partial charge in [-0.05, 0) is 36.2 Å². The minimum Gasteiger partial charge on any atom is -0.481 e. The molecule has 0 saturated carbocycles. The summed E-state index contributed by atoms with van der Waals surface area (Å²) in [6.45, 7) is 2.31. The van der Waals surface area contributed by atoms with Gasteiger partial charge >= 0.3 is 6.09 Å². The molecular weight excluding hydrogens is 362 g/mol. The average Bonchev–Trinajstić information content (AvgIpc) is 3.22. The molecule has 0 radical (unpaired) electrons. The lowest BCUT2D eigenvalue weighted by atomic mass is 10.1. The molecular formula is C19H21N5O4. The van der Waals surface area contributed by atoms with Gasteiger partial charge in [0.05, 0.1) is 38.8 Å². The first-order valence-corrected chi connectivity index (χ1v) is 8.49. The summed E-state index contributed by atoms with van der Waals surface area (Å²) in [6, 6.07) is 9.32. The normalized spacial score (nSPS) is 10.4. The van der Waals surface area contributed by atoms with Crippen molar-refractivity contribution < 1.29 is 19.0 Å². The van der Waals surface area contributed by atoms with E-state index in [9.17, 15) is 4.79 Å². The number of carbonyl (C=O) groups excluding carboxylic acids is 1. The number of hydrogen-bond acceptors (Lipinski definition) is 7. The summed E-state index contributed by atoms with van der Waals surface area (Å²) in [5.74, 6) is 0.854. The predicted octanol–water partition coefficient (Wildman–Crippen LogP) is 2.51. The second-order valence-corrected chi connectivity index (χ2v) is 5.89. The fraction of sp³-hybridized carbons (Fsp3) is 0.263. The summed E-state index contributed by atoms with van der Waals surface area (Å²) in [4.78, 5) is 17.1. The van der Waals surface area contributed by atoms with Gasteiger partial charge in [0.25, 0.3) is 0 Å². The topological polar surface area (TPSA) is 100 Å². The van der Waals surface area contributed by atoms with Crippen molar-refractivity contribution in [1.82, 2.24) is 25.3 Å². The molecule has 1 aromatic carbocycles. The van der Waals surface area contributed by atoms with Crippen molar-refractivity contribution in [2.75, 3.05) is 21.3 Å². The van der Waals surface area contributed by atoms with Gasteiger partial charge in [0, 0.05) is 12.6 Å². The molecule has 1 amide bonds. The molecule has 0 saturated heterocycles. The van der Waals surface area contributed by atoms with Crippen LogP contribution in [-0.4, -0.2) is 47.4 Å². The van der Waals surface area contributed by atoms with Gasteiger partial charge in [0.2, 0.25) is 11.8 Å². The number of ether oxygens (including phenoxy) is 3. The van der Waals surface area contributed by atoms with Crippen LogP contribution < -0.4 is 14.8 Å². The average molecular weight is 383 g/mol. The van der Waals surface area contributed by atoms with Gasteiger partial charge in [-0.1, -0.05) is 6.07 Å². The second kappa shape index (κ2) is 8.38. The smallest absolute Gasteiger partial charge is 0.407 e. The lowest BCUT2D eigenvalue weighted by molar-refractivity contribution is 0.170. The Morgan fingerprint density at radius 1 is 1.14 bits per heavy atom. The van der Waals surface area contributed by atoms with Gasteiger partial charge in [-0.2, -0.15) is 14.9 Å². The zero-order chi connectivity index (χ0) is 20.1. The molecule has 0 fully saturated rings. The van der Waals surface area contributed by atoms with E-state index in [2.05, 4.69) is 25.2 Å². The van der Waals surface area contributed by atoms with Gasteiger partial charge in [-0.15, -0.1) is 5.10 Å². The maximum Gasteiger partial charge on any atom is 0.407 e. The number of pyridine rings is 1. The number of benzene rings is 1. The Labute approximate surface area is 162 Å². The quantitative estimate of drug-likeness (QED) is 0.698. The number of nitrogens with zero attached hydrogens (tertiary/aromatic N) is 4. The predicted molar refractivity (Wildman–Crippen MR) is 102 cm³/mol. The lowest BCUT2D eigenvalue weighted by Crippen LogP contribution is -2.22. The van der Waals surface area contributed by atoms with E-state index in [-0.39, 0.29) is 0 Å². The molecule has 0 aliphatic carbocycles. The molecule has 9 nitrogen and oxygen atoms in total. The first kappa shape index (κ1) is 19.2. The Bertz CT molecular complexity index is 986. The fourth-order valence-corrected chi connectivity index (χ4v) is 2.61. The molecule has 9 heteroatoms.